The van der Waals surface area contributed by atoms with Crippen molar-refractivity contribution in [3.8, 4) is 0 Å². The van der Waals surface area contributed by atoms with Crippen LogP contribution >= 0.6 is 27.0 Å². The largest absolute Gasteiger partial charge is 0.463 e. The summed E-state index contributed by atoms with van der Waals surface area (Å²) in [7, 11) is 0. The van der Waals surface area contributed by atoms with E-state index in [-0.39, 0.29) is 52.1 Å². The van der Waals surface area contributed by atoms with Crippen molar-refractivity contribution >= 4 is 33.0 Å². The highest BCUT2D eigenvalue weighted by Gasteiger charge is 2.37. The van der Waals surface area contributed by atoms with Crippen molar-refractivity contribution in [1.82, 2.24) is 0 Å². The molecule has 106 valence electrons. The highest BCUT2D eigenvalue weighted by atomic mass is 32.1. The first-order valence-corrected chi connectivity index (χ1v) is 6.27. The van der Waals surface area contributed by atoms with E-state index in [0.29, 0.717) is 11.8 Å². The summed E-state index contributed by atoms with van der Waals surface area (Å²) < 4.78 is 5.07. The molecule has 0 aromatic carbocycles. The number of fused-ring (bicyclic) bond motifs is 1. The second-order valence-corrected chi connectivity index (χ2v) is 4.76. The number of aliphatic hydroxyl groups is 1. The normalized spacial score (nSPS) is 29.5. The summed E-state index contributed by atoms with van der Waals surface area (Å²) in [5.74, 6) is 1.02. The third-order valence-corrected chi connectivity index (χ3v) is 3.81. The van der Waals surface area contributed by atoms with Crippen molar-refractivity contribution in [1.29, 1.82) is 0 Å². The van der Waals surface area contributed by atoms with E-state index in [4.69, 9.17) is 9.84 Å². The van der Waals surface area contributed by atoms with Gasteiger partial charge in [-0.15, -0.1) is 0 Å². The minimum Gasteiger partial charge on any atom is -0.463 e. The molecular formula is C13H24O3S2. The van der Waals surface area contributed by atoms with Crippen molar-refractivity contribution in [3.05, 3.63) is 12.2 Å². The van der Waals surface area contributed by atoms with Gasteiger partial charge in [0.1, 0.15) is 6.61 Å². The van der Waals surface area contributed by atoms with Crippen LogP contribution in [0.5, 0.6) is 0 Å². The summed E-state index contributed by atoms with van der Waals surface area (Å²) in [6.07, 6.45) is 10.0. The number of ether oxygens (including phenoxy) is 1. The van der Waals surface area contributed by atoms with E-state index in [0.717, 1.165) is 25.7 Å². The van der Waals surface area contributed by atoms with Crippen LogP contribution in [0.4, 0.5) is 0 Å². The van der Waals surface area contributed by atoms with Crippen LogP contribution < -0.4 is 0 Å². The van der Waals surface area contributed by atoms with Gasteiger partial charge in [-0.1, -0.05) is 18.6 Å². The molecular weight excluding hydrogens is 268 g/mol. The van der Waals surface area contributed by atoms with Gasteiger partial charge in [0, 0.05) is 0 Å². The first-order chi connectivity index (χ1) is 7.83. The van der Waals surface area contributed by atoms with Crippen LogP contribution in [0, 0.1) is 17.8 Å². The van der Waals surface area contributed by atoms with Gasteiger partial charge in [0.25, 0.3) is 0 Å². The fourth-order valence-corrected chi connectivity index (χ4v) is 3.06. The summed E-state index contributed by atoms with van der Waals surface area (Å²) in [6.45, 7) is 0.0645. The molecule has 0 aromatic rings. The van der Waals surface area contributed by atoms with Gasteiger partial charge >= 0.3 is 5.97 Å². The molecule has 0 aliphatic heterocycles. The SMILES string of the molecule is O=C(OCCO)C1CCCC2C=CCCC21.S.S. The molecule has 1 saturated carbocycles. The molecule has 1 N–H and O–H groups in total. The quantitative estimate of drug-likeness (QED) is 0.640. The Hall–Kier alpha value is -0.130. The minimum absolute atomic E-state index is 0. The fourth-order valence-electron chi connectivity index (χ4n) is 3.06. The summed E-state index contributed by atoms with van der Waals surface area (Å²) in [5, 5.41) is 8.66. The molecule has 2 aliphatic carbocycles. The van der Waals surface area contributed by atoms with Crippen molar-refractivity contribution in [2.45, 2.75) is 32.1 Å². The minimum atomic E-state index is -0.0981. The molecule has 0 spiro atoms. The molecule has 2 rings (SSSR count). The highest BCUT2D eigenvalue weighted by Crippen LogP contribution is 2.41. The van der Waals surface area contributed by atoms with Gasteiger partial charge in [-0.2, -0.15) is 27.0 Å². The molecule has 0 saturated heterocycles. The average Bonchev–Trinajstić information content (AvgIpc) is 2.35. The van der Waals surface area contributed by atoms with Gasteiger partial charge in [-0.25, -0.2) is 0 Å². The van der Waals surface area contributed by atoms with Crippen molar-refractivity contribution in [2.24, 2.45) is 17.8 Å². The van der Waals surface area contributed by atoms with E-state index in [1.807, 2.05) is 0 Å². The maximum atomic E-state index is 11.9. The third-order valence-electron chi connectivity index (χ3n) is 3.81. The Kier molecular flexibility index (Phi) is 8.82. The number of carbonyl (C=O) groups is 1. The zero-order valence-electron chi connectivity index (χ0n) is 10.6. The van der Waals surface area contributed by atoms with E-state index in [1.165, 1.54) is 6.42 Å². The lowest BCUT2D eigenvalue weighted by molar-refractivity contribution is -0.153. The van der Waals surface area contributed by atoms with Crippen LogP contribution in [0.15, 0.2) is 12.2 Å². The lowest BCUT2D eigenvalue weighted by atomic mass is 9.68. The van der Waals surface area contributed by atoms with Gasteiger partial charge in [-0.3, -0.25) is 4.79 Å². The van der Waals surface area contributed by atoms with E-state index in [9.17, 15) is 4.79 Å². The van der Waals surface area contributed by atoms with Gasteiger partial charge in [0.2, 0.25) is 0 Å². The Bertz CT molecular complexity index is 281. The third kappa shape index (κ3) is 4.21. The number of aliphatic hydroxyl groups excluding tert-OH is 1. The highest BCUT2D eigenvalue weighted by molar-refractivity contribution is 7.59. The van der Waals surface area contributed by atoms with E-state index in [1.54, 1.807) is 0 Å². The Balaban J connectivity index is 0.00000144. The van der Waals surface area contributed by atoms with Gasteiger partial charge in [0.15, 0.2) is 0 Å². The van der Waals surface area contributed by atoms with Crippen molar-refractivity contribution in [2.75, 3.05) is 13.2 Å². The molecule has 18 heavy (non-hydrogen) atoms. The Labute approximate surface area is 123 Å². The first-order valence-electron chi connectivity index (χ1n) is 6.27. The maximum absolute atomic E-state index is 11.9. The molecule has 0 bridgehead atoms. The molecule has 3 nitrogen and oxygen atoms in total. The maximum Gasteiger partial charge on any atom is 0.309 e. The fraction of sp³-hybridized carbons (Fsp3) is 0.769. The standard InChI is InChI=1S/C13H20O3.2H2S/c14-8-9-16-13(15)12-7-3-5-10-4-1-2-6-11(10)12;;/h1,4,10-12,14H,2-3,5-9H2;2*1H2. The predicted octanol–water partition coefficient (Wildman–Crippen LogP) is 2.13. The topological polar surface area (TPSA) is 46.5 Å². The molecule has 1 fully saturated rings. The van der Waals surface area contributed by atoms with Crippen molar-refractivity contribution < 1.29 is 14.6 Å². The summed E-state index contributed by atoms with van der Waals surface area (Å²) in [4.78, 5) is 11.9. The van der Waals surface area contributed by atoms with Crippen LogP contribution in [-0.2, 0) is 9.53 Å². The number of rotatable bonds is 3. The molecule has 2 aliphatic rings. The molecule has 0 amide bonds. The molecule has 5 heteroatoms. The van der Waals surface area contributed by atoms with Crippen LogP contribution in [0.25, 0.3) is 0 Å². The van der Waals surface area contributed by atoms with E-state index < -0.39 is 0 Å². The Morgan fingerprint density at radius 1 is 1.28 bits per heavy atom. The van der Waals surface area contributed by atoms with Crippen LogP contribution in [0.3, 0.4) is 0 Å². The number of carbonyl (C=O) groups excluding carboxylic acids is 1. The molecule has 3 unspecified atom stereocenters. The molecule has 0 aromatic heterocycles. The number of allylic oxidation sites excluding steroid dienone is 2. The second-order valence-electron chi connectivity index (χ2n) is 4.76. The lowest BCUT2D eigenvalue weighted by Crippen LogP contribution is -2.35. The monoisotopic (exact) mass is 292 g/mol. The summed E-state index contributed by atoms with van der Waals surface area (Å²) in [5.41, 5.74) is 0. The first kappa shape index (κ1) is 17.9. The van der Waals surface area contributed by atoms with Crippen LogP contribution in [0.1, 0.15) is 32.1 Å². The van der Waals surface area contributed by atoms with Crippen LogP contribution in [0.2, 0.25) is 0 Å². The smallest absolute Gasteiger partial charge is 0.309 e. The lowest BCUT2D eigenvalue weighted by Gasteiger charge is -2.37. The molecule has 0 radical (unpaired) electrons. The number of hydrogen-bond acceptors (Lipinski definition) is 3. The number of esters is 1. The molecule has 3 atom stereocenters. The van der Waals surface area contributed by atoms with Gasteiger partial charge in [-0.05, 0) is 37.5 Å². The predicted molar refractivity (Wildman–Crippen MR) is 81.5 cm³/mol. The summed E-state index contributed by atoms with van der Waals surface area (Å²) >= 11 is 0. The van der Waals surface area contributed by atoms with Crippen LogP contribution in [-0.4, -0.2) is 24.3 Å². The zero-order chi connectivity index (χ0) is 11.4. The average molecular weight is 292 g/mol. The zero-order valence-corrected chi connectivity index (χ0v) is 12.6. The van der Waals surface area contributed by atoms with Gasteiger partial charge < -0.3 is 9.84 Å². The molecule has 0 heterocycles. The van der Waals surface area contributed by atoms with Crippen molar-refractivity contribution in [3.63, 3.8) is 0 Å². The van der Waals surface area contributed by atoms with Gasteiger partial charge in [0.05, 0.1) is 12.5 Å². The second kappa shape index (κ2) is 8.88. The number of hydrogen-bond donors (Lipinski definition) is 1. The van der Waals surface area contributed by atoms with E-state index in [2.05, 4.69) is 12.2 Å². The Morgan fingerprint density at radius 2 is 2.06 bits per heavy atom. The Morgan fingerprint density at radius 3 is 2.78 bits per heavy atom. The summed E-state index contributed by atoms with van der Waals surface area (Å²) in [6, 6.07) is 0. The van der Waals surface area contributed by atoms with E-state index >= 15 is 0 Å².